The molecule has 0 N–H and O–H groups in total. The first-order valence-electron chi connectivity index (χ1n) is 2.08. The number of hydrogen-bond acceptors (Lipinski definition) is 0. The van der Waals surface area contributed by atoms with Crippen molar-refractivity contribution in [3.8, 4) is 0 Å². The zero-order valence-corrected chi connectivity index (χ0v) is 7.90. The van der Waals surface area contributed by atoms with Gasteiger partial charge in [-0.3, -0.25) is 0 Å². The molecule has 0 atom stereocenters. The fourth-order valence-corrected chi connectivity index (χ4v) is 0.470. The van der Waals surface area contributed by atoms with Crippen LogP contribution in [0, 0.1) is 6.42 Å². The van der Waals surface area contributed by atoms with Crippen LogP contribution in [0.15, 0.2) is 23.8 Å². The van der Waals surface area contributed by atoms with E-state index in [4.69, 9.17) is 0 Å². The fraction of sp³-hybridized carbons (Fsp3) is 0.167. The second-order valence-corrected chi connectivity index (χ2v) is 1.46. The van der Waals surface area contributed by atoms with Crippen molar-refractivity contribution < 1.29 is 25.8 Å². The molecule has 0 aliphatic heterocycles. The van der Waals surface area contributed by atoms with E-state index in [1.807, 2.05) is 12.5 Å². The molecule has 0 saturated heterocycles. The Morgan fingerprint density at radius 2 is 2.14 bits per heavy atom. The smallest absolute Gasteiger partial charge is 0.00534 e. The van der Waals surface area contributed by atoms with Gasteiger partial charge >= 0.3 is 0 Å². The third-order valence-electron chi connectivity index (χ3n) is 0.829. The third-order valence-corrected chi connectivity index (χ3v) is 0.829. The van der Waals surface area contributed by atoms with Gasteiger partial charge in [0.1, 0.15) is 0 Å². The molecule has 0 spiro atoms. The van der Waals surface area contributed by atoms with Gasteiger partial charge in [0.2, 0.25) is 0 Å². The first kappa shape index (κ1) is 7.35. The summed E-state index contributed by atoms with van der Waals surface area (Å²) in [5, 5.41) is 0. The van der Waals surface area contributed by atoms with Gasteiger partial charge in [0, 0.05) is 32.3 Å². The molecule has 0 unspecified atom stereocenters. The van der Waals surface area contributed by atoms with E-state index in [1.54, 1.807) is 0 Å². The van der Waals surface area contributed by atoms with E-state index >= 15 is 0 Å². The summed E-state index contributed by atoms with van der Waals surface area (Å²) in [6.07, 6.45) is 8.24. The maximum atomic E-state index is 2.08. The molecule has 35 valence electrons. The Morgan fingerprint density at radius 3 is 2.29 bits per heavy atom. The molecular weight excluding hydrogens is 251 g/mol. The molecular formula is C6H7Hf. The minimum absolute atomic E-state index is 0. The van der Waals surface area contributed by atoms with Crippen LogP contribution in [0.2, 0.25) is 0 Å². The summed E-state index contributed by atoms with van der Waals surface area (Å²) in [7, 11) is 0. The van der Waals surface area contributed by atoms with Gasteiger partial charge in [0.05, 0.1) is 0 Å². The summed E-state index contributed by atoms with van der Waals surface area (Å²) in [5.41, 5.74) is 1.34. The molecule has 0 amide bonds. The molecule has 0 aromatic heterocycles. The Balaban J connectivity index is 0.000000360. The van der Waals surface area contributed by atoms with Gasteiger partial charge in [-0.05, 0) is 6.92 Å². The predicted octanol–water partition coefficient (Wildman–Crippen LogP) is 1.70. The van der Waals surface area contributed by atoms with Crippen LogP contribution in [0.5, 0.6) is 0 Å². The summed E-state index contributed by atoms with van der Waals surface area (Å²) in [5.74, 6) is 0. The van der Waals surface area contributed by atoms with Gasteiger partial charge in [-0.15, -0.1) is 0 Å². The molecule has 1 radical (unpaired) electrons. The van der Waals surface area contributed by atoms with Crippen LogP contribution in [-0.4, -0.2) is 0 Å². The molecule has 7 heavy (non-hydrogen) atoms. The molecule has 0 bridgehead atoms. The SMILES string of the molecule is CC1=C[CH]C=C1.[Hf]. The maximum Gasteiger partial charge on any atom is 0.00534 e. The van der Waals surface area contributed by atoms with E-state index in [0.717, 1.165) is 0 Å². The van der Waals surface area contributed by atoms with Crippen LogP contribution in [-0.2, 0) is 25.8 Å². The predicted molar refractivity (Wildman–Crippen MR) is 27.2 cm³/mol. The second-order valence-electron chi connectivity index (χ2n) is 1.46. The van der Waals surface area contributed by atoms with Crippen molar-refractivity contribution in [3.63, 3.8) is 0 Å². The molecule has 0 heterocycles. The maximum absolute atomic E-state index is 2.08. The molecule has 1 aliphatic carbocycles. The first-order valence-corrected chi connectivity index (χ1v) is 2.08. The Hall–Kier alpha value is 0.350. The molecule has 0 fully saturated rings. The van der Waals surface area contributed by atoms with Gasteiger partial charge in [-0.2, -0.15) is 0 Å². The average Bonchev–Trinajstić information content (AvgIpc) is 1.86. The monoisotopic (exact) mass is 259 g/mol. The molecule has 0 aromatic rings. The van der Waals surface area contributed by atoms with Crippen molar-refractivity contribution in [1.82, 2.24) is 0 Å². The summed E-state index contributed by atoms with van der Waals surface area (Å²) < 4.78 is 0. The van der Waals surface area contributed by atoms with Gasteiger partial charge < -0.3 is 0 Å². The van der Waals surface area contributed by atoms with Crippen LogP contribution in [0.3, 0.4) is 0 Å². The van der Waals surface area contributed by atoms with Crippen LogP contribution in [0.25, 0.3) is 0 Å². The number of hydrogen-bond donors (Lipinski definition) is 0. The summed E-state index contributed by atoms with van der Waals surface area (Å²) in [6, 6.07) is 0. The van der Waals surface area contributed by atoms with E-state index in [9.17, 15) is 0 Å². The van der Waals surface area contributed by atoms with E-state index in [2.05, 4.69) is 19.1 Å². The Kier molecular flexibility index (Phi) is 3.53. The van der Waals surface area contributed by atoms with Crippen molar-refractivity contribution in [2.45, 2.75) is 6.92 Å². The van der Waals surface area contributed by atoms with E-state index in [1.165, 1.54) is 5.57 Å². The first-order chi connectivity index (χ1) is 2.89. The zero-order valence-electron chi connectivity index (χ0n) is 4.31. The van der Waals surface area contributed by atoms with Crippen LogP contribution in [0.1, 0.15) is 6.92 Å². The van der Waals surface area contributed by atoms with Crippen molar-refractivity contribution in [2.75, 3.05) is 0 Å². The minimum atomic E-state index is 0. The van der Waals surface area contributed by atoms with Gasteiger partial charge in [0.15, 0.2) is 0 Å². The van der Waals surface area contributed by atoms with Crippen molar-refractivity contribution >= 4 is 0 Å². The zero-order chi connectivity index (χ0) is 4.41. The quantitative estimate of drug-likeness (QED) is 0.580. The van der Waals surface area contributed by atoms with E-state index in [0.29, 0.717) is 0 Å². The molecule has 0 saturated carbocycles. The summed E-state index contributed by atoms with van der Waals surface area (Å²) in [4.78, 5) is 0. The van der Waals surface area contributed by atoms with Crippen LogP contribution in [0.4, 0.5) is 0 Å². The Labute approximate surface area is 63.1 Å². The van der Waals surface area contributed by atoms with Crippen molar-refractivity contribution in [3.05, 3.63) is 30.2 Å². The topological polar surface area (TPSA) is 0 Å². The molecule has 1 aliphatic rings. The molecule has 0 aromatic carbocycles. The van der Waals surface area contributed by atoms with Gasteiger partial charge in [0.25, 0.3) is 0 Å². The van der Waals surface area contributed by atoms with E-state index < -0.39 is 0 Å². The standard InChI is InChI=1S/C6H7.Hf/c1-6-4-2-3-5-6;/h2-5H,1H3;. The Bertz CT molecular complexity index is 98.0. The largest absolute Gasteiger partial charge is 0.0764 e. The summed E-state index contributed by atoms with van der Waals surface area (Å²) >= 11 is 0. The van der Waals surface area contributed by atoms with Crippen molar-refractivity contribution in [1.29, 1.82) is 0 Å². The van der Waals surface area contributed by atoms with E-state index in [-0.39, 0.29) is 25.8 Å². The fourth-order valence-electron chi connectivity index (χ4n) is 0.470. The minimum Gasteiger partial charge on any atom is -0.0764 e. The molecule has 1 heteroatoms. The van der Waals surface area contributed by atoms with Crippen molar-refractivity contribution in [2.24, 2.45) is 0 Å². The second kappa shape index (κ2) is 3.36. The number of allylic oxidation sites excluding steroid dienone is 4. The van der Waals surface area contributed by atoms with Crippen LogP contribution < -0.4 is 0 Å². The van der Waals surface area contributed by atoms with Gasteiger partial charge in [-0.25, -0.2) is 0 Å². The average molecular weight is 258 g/mol. The van der Waals surface area contributed by atoms with Gasteiger partial charge in [-0.1, -0.05) is 23.8 Å². The molecule has 1 rings (SSSR count). The molecule has 0 nitrogen and oxygen atoms in total. The Morgan fingerprint density at radius 1 is 1.43 bits per heavy atom. The third kappa shape index (κ3) is 2.22. The number of rotatable bonds is 0. The van der Waals surface area contributed by atoms with Crippen LogP contribution >= 0.6 is 0 Å². The summed E-state index contributed by atoms with van der Waals surface area (Å²) in [6.45, 7) is 2.08. The normalized spacial score (nSPS) is 15.9.